The van der Waals surface area contributed by atoms with Crippen molar-refractivity contribution in [3.05, 3.63) is 52.2 Å². The minimum atomic E-state index is 0.0539. The summed E-state index contributed by atoms with van der Waals surface area (Å²) in [5, 5.41) is 5.03. The summed E-state index contributed by atoms with van der Waals surface area (Å²) in [5.41, 5.74) is 2.16. The first-order chi connectivity index (χ1) is 9.20. The predicted octanol–water partition coefficient (Wildman–Crippen LogP) is 4.44. The van der Waals surface area contributed by atoms with Crippen molar-refractivity contribution in [2.45, 2.75) is 32.6 Å². The molecule has 0 saturated heterocycles. The Morgan fingerprint density at radius 3 is 2.74 bits per heavy atom. The molecule has 0 radical (unpaired) electrons. The molecule has 2 nitrogen and oxygen atoms in total. The summed E-state index contributed by atoms with van der Waals surface area (Å²) in [5.74, 6) is 0.511. The summed E-state index contributed by atoms with van der Waals surface area (Å²) in [7, 11) is 0. The molecular formula is C16H19NOS. The van der Waals surface area contributed by atoms with Crippen LogP contribution in [0.4, 0.5) is 5.69 Å². The minimum Gasteiger partial charge on any atom is -0.326 e. The molecule has 0 aliphatic rings. The smallest absolute Gasteiger partial charge is 0.229 e. The monoisotopic (exact) mass is 273 g/mol. The average Bonchev–Trinajstić information content (AvgIpc) is 2.91. The summed E-state index contributed by atoms with van der Waals surface area (Å²) in [6.45, 7) is 4.35. The van der Waals surface area contributed by atoms with Gasteiger partial charge in [0.05, 0.1) is 6.42 Å². The Labute approximate surface area is 118 Å². The quantitative estimate of drug-likeness (QED) is 0.857. The number of rotatable bonds is 5. The summed E-state index contributed by atoms with van der Waals surface area (Å²) < 4.78 is 0. The predicted molar refractivity (Wildman–Crippen MR) is 81.8 cm³/mol. The Morgan fingerprint density at radius 2 is 2.05 bits per heavy atom. The van der Waals surface area contributed by atoms with Gasteiger partial charge in [0.2, 0.25) is 5.91 Å². The van der Waals surface area contributed by atoms with Crippen LogP contribution >= 0.6 is 11.3 Å². The van der Waals surface area contributed by atoms with Gasteiger partial charge in [0.1, 0.15) is 0 Å². The van der Waals surface area contributed by atoms with Gasteiger partial charge in [-0.15, -0.1) is 11.3 Å². The molecule has 1 amide bonds. The molecule has 0 fully saturated rings. The Bertz CT molecular complexity index is 533. The molecule has 2 rings (SSSR count). The van der Waals surface area contributed by atoms with Gasteiger partial charge in [-0.25, -0.2) is 0 Å². The largest absolute Gasteiger partial charge is 0.326 e. The van der Waals surface area contributed by atoms with Crippen LogP contribution in [0.2, 0.25) is 0 Å². The second kappa shape index (κ2) is 6.53. The van der Waals surface area contributed by atoms with E-state index in [1.165, 1.54) is 5.56 Å². The maximum atomic E-state index is 12.0. The van der Waals surface area contributed by atoms with Gasteiger partial charge in [-0.2, -0.15) is 0 Å². The van der Waals surface area contributed by atoms with Gasteiger partial charge in [0.25, 0.3) is 0 Å². The molecule has 1 heterocycles. The van der Waals surface area contributed by atoms with E-state index in [2.05, 4.69) is 25.2 Å². The number of para-hydroxylation sites is 1. The Kier molecular flexibility index (Phi) is 4.74. The molecule has 2 aromatic rings. The number of hydrogen-bond donors (Lipinski definition) is 1. The average molecular weight is 273 g/mol. The van der Waals surface area contributed by atoms with E-state index in [0.717, 1.165) is 17.0 Å². The van der Waals surface area contributed by atoms with Crippen LogP contribution in [0.3, 0.4) is 0 Å². The summed E-state index contributed by atoms with van der Waals surface area (Å²) in [4.78, 5) is 13.1. The third-order valence-corrected chi connectivity index (χ3v) is 4.17. The molecule has 0 bridgehead atoms. The van der Waals surface area contributed by atoms with Crippen LogP contribution in [0.1, 0.15) is 36.6 Å². The third kappa shape index (κ3) is 3.67. The molecule has 19 heavy (non-hydrogen) atoms. The minimum absolute atomic E-state index is 0.0539. The van der Waals surface area contributed by atoms with E-state index < -0.39 is 0 Å². The second-order valence-corrected chi connectivity index (χ2v) is 5.73. The highest BCUT2D eigenvalue weighted by atomic mass is 32.1. The number of anilines is 1. The molecule has 3 heteroatoms. The van der Waals surface area contributed by atoms with Crippen LogP contribution in [0.15, 0.2) is 41.8 Å². The van der Waals surface area contributed by atoms with Gasteiger partial charge in [-0.3, -0.25) is 4.79 Å². The molecule has 0 aliphatic heterocycles. The van der Waals surface area contributed by atoms with Crippen molar-refractivity contribution in [1.82, 2.24) is 0 Å². The highest BCUT2D eigenvalue weighted by Crippen LogP contribution is 2.26. The van der Waals surface area contributed by atoms with E-state index >= 15 is 0 Å². The standard InChI is InChI=1S/C16H19NOS/c1-3-12(2)14-8-4-5-9-15(14)17-16(18)11-13-7-6-10-19-13/h4-10,12H,3,11H2,1-2H3,(H,17,18). The number of amides is 1. The van der Waals surface area contributed by atoms with Crippen molar-refractivity contribution in [3.8, 4) is 0 Å². The van der Waals surface area contributed by atoms with Crippen molar-refractivity contribution in [1.29, 1.82) is 0 Å². The van der Waals surface area contributed by atoms with E-state index in [-0.39, 0.29) is 5.91 Å². The lowest BCUT2D eigenvalue weighted by Crippen LogP contribution is -2.15. The van der Waals surface area contributed by atoms with Crippen LogP contribution in [-0.2, 0) is 11.2 Å². The van der Waals surface area contributed by atoms with Crippen molar-refractivity contribution >= 4 is 22.9 Å². The number of carbonyl (C=O) groups excluding carboxylic acids is 1. The maximum absolute atomic E-state index is 12.0. The van der Waals surface area contributed by atoms with Gasteiger partial charge in [-0.1, -0.05) is 38.1 Å². The summed E-state index contributed by atoms with van der Waals surface area (Å²) in [6, 6.07) is 12.0. The molecular weight excluding hydrogens is 254 g/mol. The van der Waals surface area contributed by atoms with Crippen molar-refractivity contribution in [2.24, 2.45) is 0 Å². The molecule has 1 aromatic heterocycles. The molecule has 1 unspecified atom stereocenters. The zero-order chi connectivity index (χ0) is 13.7. The molecule has 0 aliphatic carbocycles. The van der Waals surface area contributed by atoms with Crippen LogP contribution in [0, 0.1) is 0 Å². The van der Waals surface area contributed by atoms with Gasteiger partial charge in [0, 0.05) is 10.6 Å². The van der Waals surface area contributed by atoms with Crippen LogP contribution in [0.5, 0.6) is 0 Å². The first-order valence-electron chi connectivity index (χ1n) is 6.62. The SMILES string of the molecule is CCC(C)c1ccccc1NC(=O)Cc1cccs1. The fraction of sp³-hybridized carbons (Fsp3) is 0.312. The van der Waals surface area contributed by atoms with Crippen molar-refractivity contribution < 1.29 is 4.79 Å². The van der Waals surface area contributed by atoms with Gasteiger partial charge in [0.15, 0.2) is 0 Å². The first-order valence-corrected chi connectivity index (χ1v) is 7.49. The van der Waals surface area contributed by atoms with Crippen molar-refractivity contribution in [2.75, 3.05) is 5.32 Å². The van der Waals surface area contributed by atoms with E-state index in [4.69, 9.17) is 0 Å². The van der Waals surface area contributed by atoms with Gasteiger partial charge < -0.3 is 5.32 Å². The van der Waals surface area contributed by atoms with Crippen LogP contribution in [0.25, 0.3) is 0 Å². The lowest BCUT2D eigenvalue weighted by Gasteiger charge is -2.15. The molecule has 1 N–H and O–H groups in total. The maximum Gasteiger partial charge on any atom is 0.229 e. The fourth-order valence-corrected chi connectivity index (χ4v) is 2.73. The van der Waals surface area contributed by atoms with Gasteiger partial charge >= 0.3 is 0 Å². The lowest BCUT2D eigenvalue weighted by molar-refractivity contribution is -0.115. The molecule has 1 aromatic carbocycles. The second-order valence-electron chi connectivity index (χ2n) is 4.70. The molecule has 0 saturated carbocycles. The highest BCUT2D eigenvalue weighted by Gasteiger charge is 2.11. The topological polar surface area (TPSA) is 29.1 Å². The summed E-state index contributed by atoms with van der Waals surface area (Å²) >= 11 is 1.62. The number of hydrogen-bond acceptors (Lipinski definition) is 2. The molecule has 1 atom stereocenters. The zero-order valence-electron chi connectivity index (χ0n) is 11.3. The number of benzene rings is 1. The lowest BCUT2D eigenvalue weighted by atomic mass is 9.97. The van der Waals surface area contributed by atoms with E-state index in [1.54, 1.807) is 11.3 Å². The summed E-state index contributed by atoms with van der Waals surface area (Å²) in [6.07, 6.45) is 1.52. The Balaban J connectivity index is 2.08. The number of thiophene rings is 1. The molecule has 100 valence electrons. The van der Waals surface area contributed by atoms with Crippen molar-refractivity contribution in [3.63, 3.8) is 0 Å². The number of nitrogens with one attached hydrogen (secondary N) is 1. The Hall–Kier alpha value is -1.61. The van der Waals surface area contributed by atoms with Crippen LogP contribution < -0.4 is 5.32 Å². The van der Waals surface area contributed by atoms with Crippen LogP contribution in [-0.4, -0.2) is 5.91 Å². The number of carbonyl (C=O) groups is 1. The van der Waals surface area contributed by atoms with E-state index in [9.17, 15) is 4.79 Å². The normalized spacial score (nSPS) is 12.1. The zero-order valence-corrected chi connectivity index (χ0v) is 12.2. The van der Waals surface area contributed by atoms with E-state index in [1.807, 2.05) is 35.7 Å². The fourth-order valence-electron chi connectivity index (χ4n) is 2.03. The third-order valence-electron chi connectivity index (χ3n) is 3.29. The van der Waals surface area contributed by atoms with E-state index in [0.29, 0.717) is 12.3 Å². The Morgan fingerprint density at radius 1 is 1.26 bits per heavy atom. The van der Waals surface area contributed by atoms with Gasteiger partial charge in [-0.05, 0) is 35.4 Å². The first kappa shape index (κ1) is 13.8. The molecule has 0 spiro atoms. The highest BCUT2D eigenvalue weighted by molar-refractivity contribution is 7.10.